The first kappa shape index (κ1) is 26.5. The Kier molecular flexibility index (Phi) is 6.93. The van der Waals surface area contributed by atoms with E-state index in [1.54, 1.807) is 0 Å². The minimum atomic E-state index is -4.71. The van der Waals surface area contributed by atoms with E-state index in [2.05, 4.69) is 15.3 Å². The fourth-order valence-corrected chi connectivity index (χ4v) is 4.17. The van der Waals surface area contributed by atoms with Gasteiger partial charge in [-0.2, -0.15) is 26.3 Å². The molecule has 198 valence electrons. The Morgan fingerprint density at radius 2 is 1.84 bits per heavy atom. The van der Waals surface area contributed by atoms with Gasteiger partial charge in [-0.05, 0) is 55.8 Å². The van der Waals surface area contributed by atoms with E-state index in [1.807, 2.05) is 0 Å². The van der Waals surface area contributed by atoms with Crippen LogP contribution < -0.4 is 10.9 Å². The molecule has 1 saturated heterocycles. The van der Waals surface area contributed by atoms with Crippen molar-refractivity contribution >= 4 is 22.5 Å². The summed E-state index contributed by atoms with van der Waals surface area (Å²) in [5.74, 6) is -0.432. The number of H-pyrrole nitrogens is 1. The summed E-state index contributed by atoms with van der Waals surface area (Å²) in [4.78, 5) is 32.5. The van der Waals surface area contributed by atoms with Gasteiger partial charge in [-0.15, -0.1) is 0 Å². The molecule has 0 saturated carbocycles. The molecule has 0 radical (unpaired) electrons. The summed E-state index contributed by atoms with van der Waals surface area (Å²) in [6.07, 6.45) is -11.4. The summed E-state index contributed by atoms with van der Waals surface area (Å²) in [5, 5.41) is 2.92. The van der Waals surface area contributed by atoms with Gasteiger partial charge in [-0.1, -0.05) is 0 Å². The average molecular weight is 528 g/mol. The first-order valence-electron chi connectivity index (χ1n) is 11.2. The number of nitrogens with one attached hydrogen (secondary N) is 2. The van der Waals surface area contributed by atoms with Crippen molar-refractivity contribution in [3.63, 3.8) is 0 Å². The van der Waals surface area contributed by atoms with Crippen LogP contribution in [0.4, 0.5) is 32.0 Å². The number of hydrogen-bond acceptors (Lipinski definition) is 5. The Morgan fingerprint density at radius 3 is 2.46 bits per heavy atom. The van der Waals surface area contributed by atoms with Gasteiger partial charge in [0.1, 0.15) is 5.82 Å². The maximum Gasteiger partial charge on any atom is 0.416 e. The number of carbonyl (C=O) groups is 1. The lowest BCUT2D eigenvalue weighted by atomic mass is 9.98. The largest absolute Gasteiger partial charge is 0.416 e. The van der Waals surface area contributed by atoms with E-state index >= 15 is 0 Å². The van der Waals surface area contributed by atoms with Gasteiger partial charge in [0.05, 0.1) is 29.6 Å². The minimum Gasteiger partial charge on any atom is -0.379 e. The highest BCUT2D eigenvalue weighted by Gasteiger charge is 2.44. The van der Waals surface area contributed by atoms with Gasteiger partial charge < -0.3 is 19.9 Å². The number of fused-ring (bicyclic) bond motifs is 1. The number of hydrogen-bond donors (Lipinski definition) is 2. The van der Waals surface area contributed by atoms with Gasteiger partial charge in [0, 0.05) is 23.8 Å². The SMILES string of the molecule is Cc1nc2cc(C(F)(F)F)c([C@H](C)Nc3ccc(C(=O)N4CCOC(C(F)(F)F)C4)cc3)cc2c(=O)[nH]1. The summed E-state index contributed by atoms with van der Waals surface area (Å²) in [5.41, 5.74) is -1.29. The van der Waals surface area contributed by atoms with Crippen LogP contribution in [0.25, 0.3) is 10.9 Å². The van der Waals surface area contributed by atoms with E-state index in [0.29, 0.717) is 5.69 Å². The Hall–Kier alpha value is -3.61. The molecule has 2 N–H and O–H groups in total. The zero-order valence-corrected chi connectivity index (χ0v) is 19.6. The van der Waals surface area contributed by atoms with E-state index in [4.69, 9.17) is 4.74 Å². The lowest BCUT2D eigenvalue weighted by Crippen LogP contribution is -2.51. The summed E-state index contributed by atoms with van der Waals surface area (Å²) < 4.78 is 85.1. The van der Waals surface area contributed by atoms with Gasteiger partial charge in [0.2, 0.25) is 0 Å². The maximum atomic E-state index is 13.8. The van der Waals surface area contributed by atoms with Crippen molar-refractivity contribution in [1.29, 1.82) is 0 Å². The monoisotopic (exact) mass is 528 g/mol. The van der Waals surface area contributed by atoms with E-state index in [1.165, 1.54) is 38.1 Å². The first-order chi connectivity index (χ1) is 17.2. The Labute approximate surface area is 206 Å². The van der Waals surface area contributed by atoms with Crippen molar-refractivity contribution in [3.05, 3.63) is 69.3 Å². The van der Waals surface area contributed by atoms with Crippen LogP contribution in [0.15, 0.2) is 41.2 Å². The summed E-state index contributed by atoms with van der Waals surface area (Å²) in [7, 11) is 0. The maximum absolute atomic E-state index is 13.8. The fourth-order valence-electron chi connectivity index (χ4n) is 4.17. The van der Waals surface area contributed by atoms with Gasteiger partial charge in [-0.3, -0.25) is 9.59 Å². The highest BCUT2D eigenvalue weighted by Crippen LogP contribution is 2.37. The number of carbonyl (C=O) groups excluding carboxylic acids is 1. The molecule has 1 aliphatic heterocycles. The lowest BCUT2D eigenvalue weighted by Gasteiger charge is -2.33. The third-order valence-corrected chi connectivity index (χ3v) is 6.00. The van der Waals surface area contributed by atoms with Crippen LogP contribution in [0.2, 0.25) is 0 Å². The van der Waals surface area contributed by atoms with Crippen molar-refractivity contribution in [2.24, 2.45) is 0 Å². The third kappa shape index (κ3) is 5.71. The van der Waals surface area contributed by atoms with Crippen molar-refractivity contribution < 1.29 is 35.9 Å². The van der Waals surface area contributed by atoms with Crippen molar-refractivity contribution in [2.75, 3.05) is 25.0 Å². The predicted molar refractivity (Wildman–Crippen MR) is 122 cm³/mol. The molecular weight excluding hydrogens is 506 g/mol. The number of aromatic nitrogens is 2. The zero-order valence-electron chi connectivity index (χ0n) is 19.6. The van der Waals surface area contributed by atoms with E-state index in [9.17, 15) is 35.9 Å². The molecule has 3 aromatic rings. The molecule has 37 heavy (non-hydrogen) atoms. The Bertz CT molecular complexity index is 1370. The fraction of sp³-hybridized carbons (Fsp3) is 0.375. The van der Waals surface area contributed by atoms with Crippen LogP contribution in [0.1, 0.15) is 40.3 Å². The molecule has 2 aromatic carbocycles. The molecule has 2 heterocycles. The lowest BCUT2D eigenvalue weighted by molar-refractivity contribution is -0.233. The number of nitrogens with zero attached hydrogens (tertiary/aromatic N) is 2. The normalized spacial score (nSPS) is 17.6. The van der Waals surface area contributed by atoms with Crippen LogP contribution in [0, 0.1) is 6.92 Å². The van der Waals surface area contributed by atoms with Crippen LogP contribution >= 0.6 is 0 Å². The molecule has 0 spiro atoms. The van der Waals surface area contributed by atoms with Crippen LogP contribution in [0.3, 0.4) is 0 Å². The number of alkyl halides is 6. The number of rotatable bonds is 4. The number of anilines is 1. The molecule has 2 atom stereocenters. The highest BCUT2D eigenvalue weighted by molar-refractivity contribution is 5.94. The standard InChI is InChI=1S/C24H22F6N4O3/c1-12(16-9-17-19(10-18(16)23(25,26)27)32-13(2)33-21(17)35)31-15-5-3-14(4-6-15)22(36)34-7-8-37-20(11-34)24(28,29)30/h3-6,9-10,12,20,31H,7-8,11H2,1-2H3,(H,32,33,35)/t12-,20?/m0/s1. The third-order valence-electron chi connectivity index (χ3n) is 6.00. The topological polar surface area (TPSA) is 87.3 Å². The molecule has 1 fully saturated rings. The number of aromatic amines is 1. The zero-order chi connectivity index (χ0) is 27.1. The van der Waals surface area contributed by atoms with Gasteiger partial charge in [0.15, 0.2) is 6.10 Å². The molecular formula is C24H22F6N4O3. The molecule has 1 aromatic heterocycles. The molecule has 1 aliphatic rings. The number of amides is 1. The highest BCUT2D eigenvalue weighted by atomic mass is 19.4. The predicted octanol–water partition coefficient (Wildman–Crippen LogP) is 4.83. The second-order valence-electron chi connectivity index (χ2n) is 8.70. The van der Waals surface area contributed by atoms with Gasteiger partial charge in [0.25, 0.3) is 11.5 Å². The molecule has 1 unspecified atom stereocenters. The van der Waals surface area contributed by atoms with Gasteiger partial charge >= 0.3 is 12.4 Å². The number of halogens is 6. The first-order valence-corrected chi connectivity index (χ1v) is 11.2. The van der Waals surface area contributed by atoms with Crippen LogP contribution in [0.5, 0.6) is 0 Å². The van der Waals surface area contributed by atoms with Crippen LogP contribution in [-0.2, 0) is 10.9 Å². The molecule has 1 amide bonds. The summed E-state index contributed by atoms with van der Waals surface area (Å²) >= 11 is 0. The van der Waals surface area contributed by atoms with E-state index in [-0.39, 0.29) is 41.0 Å². The Morgan fingerprint density at radius 1 is 1.16 bits per heavy atom. The number of benzene rings is 2. The van der Waals surface area contributed by atoms with Gasteiger partial charge in [-0.25, -0.2) is 4.98 Å². The number of ether oxygens (including phenoxy) is 1. The number of aryl methyl sites for hydroxylation is 1. The quantitative estimate of drug-likeness (QED) is 0.474. The second kappa shape index (κ2) is 9.69. The molecule has 0 aliphatic carbocycles. The molecule has 13 heteroatoms. The second-order valence-corrected chi connectivity index (χ2v) is 8.70. The average Bonchev–Trinajstić information content (AvgIpc) is 2.82. The number of morpholine rings is 1. The summed E-state index contributed by atoms with van der Waals surface area (Å²) in [6.45, 7) is 2.07. The van der Waals surface area contributed by atoms with E-state index in [0.717, 1.165) is 17.0 Å². The van der Waals surface area contributed by atoms with Crippen molar-refractivity contribution in [1.82, 2.24) is 14.9 Å². The van der Waals surface area contributed by atoms with Crippen LogP contribution in [-0.4, -0.2) is 52.8 Å². The molecule has 0 bridgehead atoms. The Balaban J connectivity index is 1.56. The minimum absolute atomic E-state index is 0.00184. The summed E-state index contributed by atoms with van der Waals surface area (Å²) in [6, 6.07) is 6.71. The van der Waals surface area contributed by atoms with Crippen molar-refractivity contribution in [2.45, 2.75) is 38.3 Å². The van der Waals surface area contributed by atoms with E-state index < -0.39 is 48.1 Å². The molecule has 4 rings (SSSR count). The van der Waals surface area contributed by atoms with Crippen molar-refractivity contribution in [3.8, 4) is 0 Å². The smallest absolute Gasteiger partial charge is 0.379 e. The molecule has 7 nitrogen and oxygen atoms in total.